The van der Waals surface area contributed by atoms with Crippen LogP contribution in [0.4, 0.5) is 4.79 Å². The zero-order chi connectivity index (χ0) is 17.0. The zero-order valence-electron chi connectivity index (χ0n) is 14.2. The van der Waals surface area contributed by atoms with Crippen molar-refractivity contribution >= 4 is 39.5 Å². The monoisotopic (exact) mass is 403 g/mol. The van der Waals surface area contributed by atoms with E-state index in [2.05, 4.69) is 37.9 Å². The normalized spacial score (nSPS) is 26.5. The van der Waals surface area contributed by atoms with Crippen molar-refractivity contribution in [2.75, 3.05) is 20.1 Å². The molecular formula is C16H26BrN3O2S. The molecule has 2 aliphatic rings. The highest BCUT2D eigenvalue weighted by Gasteiger charge is 2.35. The quantitative estimate of drug-likeness (QED) is 0.444. The Hall–Kier alpha value is -0.690. The molecule has 2 heterocycles. The predicted octanol–water partition coefficient (Wildman–Crippen LogP) is 3.60. The fraction of sp³-hybridized carbons (Fsp3) is 0.750. The molecule has 0 radical (unpaired) electrons. The summed E-state index contributed by atoms with van der Waals surface area (Å²) in [7, 11) is 1.84. The lowest BCUT2D eigenvalue weighted by Crippen LogP contribution is -2.44. The van der Waals surface area contributed by atoms with Crippen LogP contribution >= 0.6 is 27.7 Å². The molecule has 1 fully saturated rings. The van der Waals surface area contributed by atoms with Gasteiger partial charge in [-0.15, -0.1) is 11.8 Å². The summed E-state index contributed by atoms with van der Waals surface area (Å²) < 4.78 is 5.46. The molecule has 2 atom stereocenters. The minimum absolute atomic E-state index is 0.210. The molecular weight excluding hydrogens is 378 g/mol. The molecule has 0 aliphatic carbocycles. The van der Waals surface area contributed by atoms with Gasteiger partial charge in [0.2, 0.25) is 0 Å². The molecule has 130 valence electrons. The van der Waals surface area contributed by atoms with Gasteiger partial charge in [0.15, 0.2) is 0 Å². The molecule has 1 saturated heterocycles. The smallest absolute Gasteiger partial charge is 0.410 e. The minimum Gasteiger partial charge on any atom is -0.444 e. The van der Waals surface area contributed by atoms with Crippen LogP contribution in [0.2, 0.25) is 0 Å². The lowest BCUT2D eigenvalue weighted by molar-refractivity contribution is 0.0201. The maximum absolute atomic E-state index is 12.2. The number of hydrogen-bond donors (Lipinski definition) is 1. The first-order chi connectivity index (χ1) is 10.8. The average molecular weight is 404 g/mol. The lowest BCUT2D eigenvalue weighted by atomic mass is 9.89. The summed E-state index contributed by atoms with van der Waals surface area (Å²) in [6.07, 6.45) is 3.81. The van der Waals surface area contributed by atoms with E-state index in [0.29, 0.717) is 16.0 Å². The molecule has 0 aromatic rings. The van der Waals surface area contributed by atoms with Gasteiger partial charge in [0.1, 0.15) is 5.60 Å². The Bertz CT molecular complexity index is 482. The molecule has 1 N–H and O–H groups in total. The number of carbonyl (C=O) groups excluding carboxylic acids is 1. The van der Waals surface area contributed by atoms with E-state index >= 15 is 0 Å². The van der Waals surface area contributed by atoms with Crippen molar-refractivity contribution < 1.29 is 9.53 Å². The number of carbonyl (C=O) groups is 1. The number of thioether (sulfide) groups is 1. The molecule has 2 unspecified atom stereocenters. The fourth-order valence-corrected chi connectivity index (χ4v) is 4.87. The molecule has 2 rings (SSSR count). The third kappa shape index (κ3) is 5.14. The summed E-state index contributed by atoms with van der Waals surface area (Å²) in [4.78, 5) is 14.3. The van der Waals surface area contributed by atoms with Gasteiger partial charge < -0.3 is 15.1 Å². The number of rotatable bonds is 3. The van der Waals surface area contributed by atoms with Crippen molar-refractivity contribution in [1.82, 2.24) is 10.3 Å². The summed E-state index contributed by atoms with van der Waals surface area (Å²) >= 11 is 5.51. The molecule has 0 bridgehead atoms. The van der Waals surface area contributed by atoms with Crippen LogP contribution in [0.15, 0.2) is 16.6 Å². The number of amides is 1. The van der Waals surface area contributed by atoms with Crippen molar-refractivity contribution in [2.45, 2.75) is 49.3 Å². The van der Waals surface area contributed by atoms with Gasteiger partial charge in [-0.05, 0) is 39.0 Å². The summed E-state index contributed by atoms with van der Waals surface area (Å²) in [5.74, 6) is 0.401. The van der Waals surface area contributed by atoms with Gasteiger partial charge in [0, 0.05) is 26.1 Å². The third-order valence-corrected chi connectivity index (χ3v) is 6.20. The molecule has 5 nitrogen and oxygen atoms in total. The summed E-state index contributed by atoms with van der Waals surface area (Å²) in [6.45, 7) is 7.14. The summed E-state index contributed by atoms with van der Waals surface area (Å²) in [6, 6.07) is 0. The zero-order valence-corrected chi connectivity index (χ0v) is 16.6. The van der Waals surface area contributed by atoms with Gasteiger partial charge in [-0.25, -0.2) is 4.79 Å². The van der Waals surface area contributed by atoms with Crippen LogP contribution in [-0.2, 0) is 4.74 Å². The summed E-state index contributed by atoms with van der Waals surface area (Å²) in [5, 5.41) is 7.01. The molecule has 23 heavy (non-hydrogen) atoms. The van der Waals surface area contributed by atoms with E-state index < -0.39 is 5.60 Å². The van der Waals surface area contributed by atoms with E-state index in [-0.39, 0.29) is 6.09 Å². The van der Waals surface area contributed by atoms with Crippen LogP contribution < -0.4 is 5.43 Å². The van der Waals surface area contributed by atoms with Gasteiger partial charge in [-0.2, -0.15) is 5.10 Å². The van der Waals surface area contributed by atoms with Crippen LogP contribution in [0.25, 0.3) is 0 Å². The van der Waals surface area contributed by atoms with Gasteiger partial charge in [-0.1, -0.05) is 22.0 Å². The second-order valence-corrected chi connectivity index (χ2v) is 8.94. The Morgan fingerprint density at radius 3 is 2.52 bits per heavy atom. The lowest BCUT2D eigenvalue weighted by Gasteiger charge is -2.35. The first kappa shape index (κ1) is 18.6. The number of nitrogens with one attached hydrogen (secondary N) is 1. The maximum Gasteiger partial charge on any atom is 0.410 e. The Balaban J connectivity index is 1.94. The van der Waals surface area contributed by atoms with Gasteiger partial charge >= 0.3 is 6.09 Å². The molecule has 0 aromatic carbocycles. The maximum atomic E-state index is 12.2. The molecule has 0 aromatic heterocycles. The number of allylic oxidation sites excluding steroid dienone is 1. The Morgan fingerprint density at radius 1 is 1.39 bits per heavy atom. The highest BCUT2D eigenvalue weighted by molar-refractivity contribution is 9.09. The molecule has 7 heteroatoms. The number of hydrazone groups is 1. The second-order valence-electron chi connectivity index (χ2n) is 6.83. The van der Waals surface area contributed by atoms with Crippen LogP contribution in [0, 0.1) is 5.92 Å². The number of nitrogens with zero attached hydrogens (tertiary/aromatic N) is 2. The van der Waals surface area contributed by atoms with Crippen molar-refractivity contribution in [3.8, 4) is 0 Å². The van der Waals surface area contributed by atoms with Gasteiger partial charge in [0.05, 0.1) is 15.8 Å². The third-order valence-electron chi connectivity index (χ3n) is 3.87. The van der Waals surface area contributed by atoms with Gasteiger partial charge in [-0.3, -0.25) is 0 Å². The first-order valence-corrected chi connectivity index (χ1v) is 9.86. The fourth-order valence-electron chi connectivity index (χ4n) is 2.81. The molecule has 2 aliphatic heterocycles. The highest BCUT2D eigenvalue weighted by Crippen LogP contribution is 2.35. The minimum atomic E-state index is -0.442. The molecule has 1 amide bonds. The van der Waals surface area contributed by atoms with Crippen LogP contribution in [0.5, 0.6) is 0 Å². The first-order valence-electron chi connectivity index (χ1n) is 8.00. The van der Waals surface area contributed by atoms with E-state index in [1.165, 1.54) is 5.71 Å². The van der Waals surface area contributed by atoms with Crippen molar-refractivity contribution in [2.24, 2.45) is 11.0 Å². The molecule has 0 spiro atoms. The topological polar surface area (TPSA) is 53.9 Å². The van der Waals surface area contributed by atoms with Gasteiger partial charge in [0.25, 0.3) is 0 Å². The van der Waals surface area contributed by atoms with Crippen LogP contribution in [0.1, 0.15) is 33.6 Å². The van der Waals surface area contributed by atoms with Crippen molar-refractivity contribution in [3.63, 3.8) is 0 Å². The number of ether oxygens (including phenoxy) is 1. The Morgan fingerprint density at radius 2 is 2.04 bits per heavy atom. The molecule has 0 saturated carbocycles. The van der Waals surface area contributed by atoms with Crippen molar-refractivity contribution in [1.29, 1.82) is 0 Å². The number of alkyl halides is 1. The number of piperidine rings is 1. The number of halogens is 1. The van der Waals surface area contributed by atoms with Crippen LogP contribution in [-0.4, -0.2) is 52.5 Å². The number of hydrogen-bond acceptors (Lipinski definition) is 5. The van der Waals surface area contributed by atoms with Crippen LogP contribution in [0.3, 0.4) is 0 Å². The largest absolute Gasteiger partial charge is 0.444 e. The predicted molar refractivity (Wildman–Crippen MR) is 100 cm³/mol. The van der Waals surface area contributed by atoms with Crippen molar-refractivity contribution in [3.05, 3.63) is 11.5 Å². The average Bonchev–Trinajstić information content (AvgIpc) is 2.89. The number of likely N-dealkylation sites (tertiary alicyclic amines) is 1. The SMILES string of the molecule is CN/N=C(\C1CCN(C(=O)OC(C)(C)C)CC1)C1SC=CC1Br. The Kier molecular flexibility index (Phi) is 6.42. The van der Waals surface area contributed by atoms with E-state index in [9.17, 15) is 4.79 Å². The summed E-state index contributed by atoms with van der Waals surface area (Å²) in [5.41, 5.74) is 3.69. The van der Waals surface area contributed by atoms with E-state index in [1.54, 1.807) is 11.8 Å². The highest BCUT2D eigenvalue weighted by atomic mass is 79.9. The Labute approximate surface area is 151 Å². The van der Waals surface area contributed by atoms with E-state index in [4.69, 9.17) is 4.74 Å². The second kappa shape index (κ2) is 7.92. The standard InChI is InChI=1S/C16H26BrN3O2S/c1-16(2,3)22-15(21)20-8-5-11(6-9-20)13(19-18-4)14-12(17)7-10-23-14/h7,10-12,14,18H,5-6,8-9H2,1-4H3/b19-13+. The van der Waals surface area contributed by atoms with E-state index in [0.717, 1.165) is 25.9 Å². The van der Waals surface area contributed by atoms with E-state index in [1.807, 2.05) is 32.7 Å².